The molecule has 2 aromatic carbocycles. The molecule has 0 unspecified atom stereocenters. The zero-order chi connectivity index (χ0) is 22.6. The molecule has 6 nitrogen and oxygen atoms in total. The molecule has 2 N–H and O–H groups in total. The van der Waals surface area contributed by atoms with Gasteiger partial charge in [-0.15, -0.1) is 0 Å². The first kappa shape index (κ1) is 20.9. The Labute approximate surface area is 175 Å². The van der Waals surface area contributed by atoms with E-state index in [4.69, 9.17) is 0 Å². The largest absolute Gasteiger partial charge is 0.416 e. The number of hydrogen-bond donors (Lipinski definition) is 2. The van der Waals surface area contributed by atoms with Gasteiger partial charge in [0.25, 0.3) is 5.91 Å². The van der Waals surface area contributed by atoms with Gasteiger partial charge >= 0.3 is 6.18 Å². The number of carbonyl (C=O) groups excluding carboxylic acids is 1. The van der Waals surface area contributed by atoms with Crippen molar-refractivity contribution in [3.8, 4) is 5.69 Å². The minimum Gasteiger partial charge on any atom is -0.389 e. The summed E-state index contributed by atoms with van der Waals surface area (Å²) in [7, 11) is 1.81. The molecular weight excluding hydrogens is 409 g/mol. The summed E-state index contributed by atoms with van der Waals surface area (Å²) in [6.45, 7) is 3.29. The zero-order valence-electron chi connectivity index (χ0n) is 17.2. The van der Waals surface area contributed by atoms with Gasteiger partial charge in [-0.2, -0.15) is 13.2 Å². The molecule has 0 bridgehead atoms. The van der Waals surface area contributed by atoms with Crippen molar-refractivity contribution < 1.29 is 23.1 Å². The maximum Gasteiger partial charge on any atom is 0.416 e. The number of aliphatic hydroxyl groups is 1. The summed E-state index contributed by atoms with van der Waals surface area (Å²) < 4.78 is 42.4. The average Bonchev–Trinajstić information content (AvgIpc) is 3.22. The van der Waals surface area contributed by atoms with Gasteiger partial charge < -0.3 is 15.0 Å². The quantitative estimate of drug-likeness (QED) is 0.513. The number of nitrogens with zero attached hydrogens (tertiary/aromatic N) is 3. The number of hydrogen-bond acceptors (Lipinski definition) is 3. The molecule has 0 atom stereocenters. The van der Waals surface area contributed by atoms with Crippen molar-refractivity contribution in [1.29, 1.82) is 0 Å². The van der Waals surface area contributed by atoms with E-state index in [0.717, 1.165) is 23.0 Å². The van der Waals surface area contributed by atoms with E-state index >= 15 is 0 Å². The number of nitrogens with one attached hydrogen (secondary N) is 1. The van der Waals surface area contributed by atoms with E-state index in [1.165, 1.54) is 12.1 Å². The number of rotatable bonds is 4. The lowest BCUT2D eigenvalue weighted by Gasteiger charge is -2.17. The Morgan fingerprint density at radius 3 is 2.42 bits per heavy atom. The second-order valence-corrected chi connectivity index (χ2v) is 8.13. The molecule has 162 valence electrons. The highest BCUT2D eigenvalue weighted by Gasteiger charge is 2.30. The standard InChI is InChI=1S/C22H21F3N4O2/c1-21(2,31)11-26-20(30)13-4-9-17-16(10-13)18-19(27-12-28(18)3)29(17)15-7-5-14(6-8-15)22(23,24)25/h4-10,12,31H,11H2,1-3H3,(H,26,30). The Morgan fingerprint density at radius 2 is 1.81 bits per heavy atom. The number of benzene rings is 2. The number of aromatic nitrogens is 3. The van der Waals surface area contributed by atoms with Crippen molar-refractivity contribution in [1.82, 2.24) is 19.4 Å². The van der Waals surface area contributed by atoms with Gasteiger partial charge in [0.15, 0.2) is 5.65 Å². The van der Waals surface area contributed by atoms with E-state index in [1.54, 1.807) is 47.5 Å². The van der Waals surface area contributed by atoms with Crippen LogP contribution >= 0.6 is 0 Å². The Kier molecular flexibility index (Phi) is 4.81. The minimum atomic E-state index is -4.41. The van der Waals surface area contributed by atoms with Gasteiger partial charge in [-0.3, -0.25) is 9.36 Å². The third kappa shape index (κ3) is 3.88. The van der Waals surface area contributed by atoms with Crippen LogP contribution in [0.15, 0.2) is 48.8 Å². The first-order valence-corrected chi connectivity index (χ1v) is 9.59. The topological polar surface area (TPSA) is 72.1 Å². The summed E-state index contributed by atoms with van der Waals surface area (Å²) in [5.74, 6) is -0.332. The van der Waals surface area contributed by atoms with E-state index in [9.17, 15) is 23.1 Å². The van der Waals surface area contributed by atoms with E-state index in [0.29, 0.717) is 22.4 Å². The smallest absolute Gasteiger partial charge is 0.389 e. The van der Waals surface area contributed by atoms with Crippen LogP contribution in [0.3, 0.4) is 0 Å². The molecule has 9 heteroatoms. The van der Waals surface area contributed by atoms with E-state index < -0.39 is 17.3 Å². The summed E-state index contributed by atoms with van der Waals surface area (Å²) in [5.41, 5.74) is 1.22. The van der Waals surface area contributed by atoms with E-state index in [1.807, 2.05) is 7.05 Å². The molecule has 31 heavy (non-hydrogen) atoms. The minimum absolute atomic E-state index is 0.0948. The first-order valence-electron chi connectivity index (χ1n) is 9.59. The fourth-order valence-electron chi connectivity index (χ4n) is 3.53. The van der Waals surface area contributed by atoms with Gasteiger partial charge in [0, 0.05) is 30.2 Å². The number of alkyl halides is 3. The molecule has 0 spiro atoms. The number of carbonyl (C=O) groups is 1. The Morgan fingerprint density at radius 1 is 1.13 bits per heavy atom. The van der Waals surface area contributed by atoms with Crippen molar-refractivity contribution in [2.75, 3.05) is 6.54 Å². The average molecular weight is 430 g/mol. The summed E-state index contributed by atoms with van der Waals surface area (Å²) in [4.78, 5) is 17.0. The van der Waals surface area contributed by atoms with Crippen molar-refractivity contribution in [2.24, 2.45) is 7.05 Å². The third-order valence-electron chi connectivity index (χ3n) is 5.02. The molecule has 0 radical (unpaired) electrons. The molecule has 0 saturated heterocycles. The van der Waals surface area contributed by atoms with Crippen LogP contribution in [0.25, 0.3) is 27.8 Å². The van der Waals surface area contributed by atoms with Gasteiger partial charge in [-0.1, -0.05) is 0 Å². The Balaban J connectivity index is 1.83. The molecule has 0 fully saturated rings. The van der Waals surface area contributed by atoms with Crippen LogP contribution in [0, 0.1) is 0 Å². The Bertz CT molecular complexity index is 1280. The molecule has 4 aromatic rings. The molecule has 4 rings (SSSR count). The van der Waals surface area contributed by atoms with Crippen LogP contribution < -0.4 is 5.32 Å². The van der Waals surface area contributed by atoms with Crippen LogP contribution in [-0.4, -0.2) is 37.3 Å². The molecule has 0 aliphatic heterocycles. The van der Waals surface area contributed by atoms with Gasteiger partial charge in [-0.05, 0) is 56.3 Å². The maximum absolute atomic E-state index is 13.0. The summed E-state index contributed by atoms with van der Waals surface area (Å²) in [5, 5.41) is 13.3. The summed E-state index contributed by atoms with van der Waals surface area (Å²) in [6.07, 6.45) is -2.80. The lowest BCUT2D eigenvalue weighted by atomic mass is 10.1. The summed E-state index contributed by atoms with van der Waals surface area (Å²) in [6, 6.07) is 9.98. The molecule has 0 aliphatic rings. The monoisotopic (exact) mass is 430 g/mol. The molecule has 0 saturated carbocycles. The van der Waals surface area contributed by atoms with Gasteiger partial charge in [0.2, 0.25) is 0 Å². The van der Waals surface area contributed by atoms with Crippen LogP contribution in [0.4, 0.5) is 13.2 Å². The van der Waals surface area contributed by atoms with Gasteiger partial charge in [0.05, 0.1) is 28.5 Å². The molecule has 0 aliphatic carbocycles. The first-order chi connectivity index (χ1) is 14.5. The maximum atomic E-state index is 13.0. The summed E-state index contributed by atoms with van der Waals surface area (Å²) >= 11 is 0. The number of imidazole rings is 1. The van der Waals surface area contributed by atoms with Crippen LogP contribution in [0.1, 0.15) is 29.8 Å². The van der Waals surface area contributed by atoms with Crippen LogP contribution in [0.2, 0.25) is 0 Å². The van der Waals surface area contributed by atoms with Crippen molar-refractivity contribution in [2.45, 2.75) is 25.6 Å². The predicted octanol–water partition coefficient (Wildman–Crippen LogP) is 4.04. The predicted molar refractivity (Wildman–Crippen MR) is 111 cm³/mol. The van der Waals surface area contributed by atoms with Crippen LogP contribution in [0.5, 0.6) is 0 Å². The highest BCUT2D eigenvalue weighted by Crippen LogP contribution is 2.34. The SMILES string of the molecule is Cn1cnc2c1c1cc(C(=O)NCC(C)(C)O)ccc1n2-c1ccc(C(F)(F)F)cc1. The number of fused-ring (bicyclic) bond motifs is 3. The van der Waals surface area contributed by atoms with Crippen LogP contribution in [-0.2, 0) is 13.2 Å². The molecule has 1 amide bonds. The van der Waals surface area contributed by atoms with Gasteiger partial charge in [0.1, 0.15) is 0 Å². The van der Waals surface area contributed by atoms with Crippen molar-refractivity contribution in [3.63, 3.8) is 0 Å². The second kappa shape index (κ2) is 7.12. The van der Waals surface area contributed by atoms with E-state index in [2.05, 4.69) is 10.3 Å². The Hall–Kier alpha value is -3.33. The molecular formula is C22H21F3N4O2. The number of halogens is 3. The van der Waals surface area contributed by atoms with Crippen molar-refractivity contribution >= 4 is 28.0 Å². The number of aryl methyl sites for hydroxylation is 1. The third-order valence-corrected chi connectivity index (χ3v) is 5.02. The van der Waals surface area contributed by atoms with Crippen molar-refractivity contribution in [3.05, 3.63) is 59.9 Å². The lowest BCUT2D eigenvalue weighted by Crippen LogP contribution is -2.38. The fourth-order valence-corrected chi connectivity index (χ4v) is 3.53. The molecule has 2 heterocycles. The van der Waals surface area contributed by atoms with Gasteiger partial charge in [-0.25, -0.2) is 4.98 Å². The molecule has 2 aromatic heterocycles. The highest BCUT2D eigenvalue weighted by atomic mass is 19.4. The van der Waals surface area contributed by atoms with E-state index in [-0.39, 0.29) is 12.5 Å². The second-order valence-electron chi connectivity index (χ2n) is 8.13. The fraction of sp³-hybridized carbons (Fsp3) is 0.273. The lowest BCUT2D eigenvalue weighted by molar-refractivity contribution is -0.137. The normalized spacial score (nSPS) is 12.6. The number of amides is 1. The zero-order valence-corrected chi connectivity index (χ0v) is 17.2. The highest BCUT2D eigenvalue weighted by molar-refractivity contribution is 6.09.